The number of hydrogen-bond donors (Lipinski definition) is 1. The second-order valence-corrected chi connectivity index (χ2v) is 3.02. The predicted octanol–water partition coefficient (Wildman–Crippen LogP) is -0.205. The van der Waals surface area contributed by atoms with Gasteiger partial charge in [-0.3, -0.25) is 9.69 Å². The molecule has 1 unspecified atom stereocenters. The van der Waals surface area contributed by atoms with Gasteiger partial charge in [-0.05, 0) is 6.42 Å². The third-order valence-corrected chi connectivity index (χ3v) is 2.05. The summed E-state index contributed by atoms with van der Waals surface area (Å²) in [6, 6.07) is 0.173. The van der Waals surface area contributed by atoms with E-state index in [9.17, 15) is 4.79 Å². The van der Waals surface area contributed by atoms with Crippen molar-refractivity contribution < 1.29 is 14.6 Å². The summed E-state index contributed by atoms with van der Waals surface area (Å²) in [6.07, 6.45) is 6.02. The van der Waals surface area contributed by atoms with Crippen molar-refractivity contribution in [2.75, 3.05) is 26.3 Å². The zero-order valence-electron chi connectivity index (χ0n) is 7.40. The molecule has 4 nitrogen and oxygen atoms in total. The highest BCUT2D eigenvalue weighted by atomic mass is 16.5. The van der Waals surface area contributed by atoms with Gasteiger partial charge >= 0.3 is 5.97 Å². The van der Waals surface area contributed by atoms with Gasteiger partial charge in [-0.15, -0.1) is 6.42 Å². The largest absolute Gasteiger partial charge is 0.480 e. The number of ether oxygens (including phenoxy) is 1. The van der Waals surface area contributed by atoms with Crippen molar-refractivity contribution in [2.45, 2.75) is 12.5 Å². The molecule has 4 heteroatoms. The van der Waals surface area contributed by atoms with Crippen LogP contribution in [0.3, 0.4) is 0 Å². The Bertz CT molecular complexity index is 215. The van der Waals surface area contributed by atoms with Crippen molar-refractivity contribution >= 4 is 5.97 Å². The fraction of sp³-hybridized carbons (Fsp3) is 0.667. The molecular formula is C9H13NO3. The Morgan fingerprint density at radius 2 is 2.54 bits per heavy atom. The van der Waals surface area contributed by atoms with Crippen LogP contribution in [0.1, 0.15) is 6.42 Å². The lowest BCUT2D eigenvalue weighted by molar-refractivity contribution is -0.138. The van der Waals surface area contributed by atoms with E-state index in [0.29, 0.717) is 19.8 Å². The second-order valence-electron chi connectivity index (χ2n) is 3.02. The lowest BCUT2D eigenvalue weighted by Crippen LogP contribution is -2.39. The standard InChI is InChI=1S/C9H13NO3/c1-2-4-10(6-9(11)12)8-3-5-13-7-8/h1,8H,3-7H2,(H,11,12). The SMILES string of the molecule is C#CCN(CC(=O)O)C1CCOC1. The van der Waals surface area contributed by atoms with Gasteiger partial charge in [0.25, 0.3) is 0 Å². The number of carboxylic acid groups (broad SMARTS) is 1. The van der Waals surface area contributed by atoms with Crippen molar-refractivity contribution in [2.24, 2.45) is 0 Å². The highest BCUT2D eigenvalue weighted by Gasteiger charge is 2.23. The molecule has 0 bridgehead atoms. The maximum Gasteiger partial charge on any atom is 0.317 e. The number of aliphatic carboxylic acids is 1. The van der Waals surface area contributed by atoms with Crippen LogP contribution in [-0.4, -0.2) is 48.3 Å². The molecule has 72 valence electrons. The van der Waals surface area contributed by atoms with Crippen LogP contribution in [0.5, 0.6) is 0 Å². The van der Waals surface area contributed by atoms with Gasteiger partial charge in [-0.1, -0.05) is 5.92 Å². The summed E-state index contributed by atoms with van der Waals surface area (Å²) in [4.78, 5) is 12.2. The summed E-state index contributed by atoms with van der Waals surface area (Å²) in [5.41, 5.74) is 0. The normalized spacial score (nSPS) is 21.7. The van der Waals surface area contributed by atoms with Gasteiger partial charge in [-0.2, -0.15) is 0 Å². The molecule has 1 N–H and O–H groups in total. The van der Waals surface area contributed by atoms with Crippen molar-refractivity contribution in [1.82, 2.24) is 4.90 Å². The zero-order chi connectivity index (χ0) is 9.68. The van der Waals surface area contributed by atoms with E-state index < -0.39 is 5.97 Å². The highest BCUT2D eigenvalue weighted by molar-refractivity contribution is 5.69. The van der Waals surface area contributed by atoms with Crippen LogP contribution in [0, 0.1) is 12.3 Å². The van der Waals surface area contributed by atoms with E-state index in [1.54, 1.807) is 4.90 Å². The third-order valence-electron chi connectivity index (χ3n) is 2.05. The molecule has 1 rings (SSSR count). The first-order chi connectivity index (χ1) is 6.24. The molecular weight excluding hydrogens is 170 g/mol. The van der Waals surface area contributed by atoms with Gasteiger partial charge < -0.3 is 9.84 Å². The topological polar surface area (TPSA) is 49.8 Å². The first-order valence-electron chi connectivity index (χ1n) is 4.21. The molecule has 1 aliphatic heterocycles. The number of terminal acetylenes is 1. The first-order valence-corrected chi connectivity index (χ1v) is 4.21. The van der Waals surface area contributed by atoms with E-state index in [1.165, 1.54) is 0 Å². The molecule has 0 saturated carbocycles. The van der Waals surface area contributed by atoms with Gasteiger partial charge in [-0.25, -0.2) is 0 Å². The quantitative estimate of drug-likeness (QED) is 0.613. The Hall–Kier alpha value is -1.05. The fourth-order valence-corrected chi connectivity index (χ4v) is 1.42. The van der Waals surface area contributed by atoms with Crippen LogP contribution in [-0.2, 0) is 9.53 Å². The van der Waals surface area contributed by atoms with Crippen LogP contribution in [0.15, 0.2) is 0 Å². The van der Waals surface area contributed by atoms with Crippen molar-refractivity contribution in [3.05, 3.63) is 0 Å². The van der Waals surface area contributed by atoms with Crippen LogP contribution in [0.25, 0.3) is 0 Å². The summed E-state index contributed by atoms with van der Waals surface area (Å²) >= 11 is 0. The molecule has 0 amide bonds. The first kappa shape index (κ1) is 10.0. The van der Waals surface area contributed by atoms with Crippen LogP contribution in [0.2, 0.25) is 0 Å². The molecule has 13 heavy (non-hydrogen) atoms. The molecule has 0 aromatic rings. The molecule has 1 heterocycles. The monoisotopic (exact) mass is 183 g/mol. The Morgan fingerprint density at radius 1 is 1.77 bits per heavy atom. The number of hydrogen-bond acceptors (Lipinski definition) is 3. The van der Waals surface area contributed by atoms with Crippen molar-refractivity contribution in [3.8, 4) is 12.3 Å². The molecule has 0 aliphatic carbocycles. The number of nitrogens with zero attached hydrogens (tertiary/aromatic N) is 1. The number of carbonyl (C=O) groups is 1. The fourth-order valence-electron chi connectivity index (χ4n) is 1.42. The smallest absolute Gasteiger partial charge is 0.317 e. The minimum Gasteiger partial charge on any atom is -0.480 e. The molecule has 1 saturated heterocycles. The van der Waals surface area contributed by atoms with Gasteiger partial charge in [0.15, 0.2) is 0 Å². The minimum atomic E-state index is -0.845. The van der Waals surface area contributed by atoms with E-state index in [4.69, 9.17) is 16.3 Å². The Kier molecular flexibility index (Phi) is 3.74. The Balaban J connectivity index is 2.45. The molecule has 0 aromatic carbocycles. The average molecular weight is 183 g/mol. The molecule has 1 aliphatic rings. The minimum absolute atomic E-state index is 0.00176. The Morgan fingerprint density at radius 3 is 3.00 bits per heavy atom. The number of carboxylic acids is 1. The lowest BCUT2D eigenvalue weighted by atomic mass is 10.2. The van der Waals surface area contributed by atoms with E-state index in [-0.39, 0.29) is 12.6 Å². The molecule has 1 fully saturated rings. The lowest BCUT2D eigenvalue weighted by Gasteiger charge is -2.23. The van der Waals surface area contributed by atoms with Gasteiger partial charge in [0.2, 0.25) is 0 Å². The summed E-state index contributed by atoms with van der Waals surface area (Å²) in [6.45, 7) is 1.67. The summed E-state index contributed by atoms with van der Waals surface area (Å²) in [5.74, 6) is 1.61. The molecule has 0 aromatic heterocycles. The molecule has 1 atom stereocenters. The van der Waals surface area contributed by atoms with Gasteiger partial charge in [0.1, 0.15) is 0 Å². The maximum atomic E-state index is 10.5. The second kappa shape index (κ2) is 4.85. The number of rotatable bonds is 4. The van der Waals surface area contributed by atoms with E-state index in [2.05, 4.69) is 5.92 Å². The van der Waals surface area contributed by atoms with Crippen LogP contribution in [0.4, 0.5) is 0 Å². The third kappa shape index (κ3) is 3.05. The van der Waals surface area contributed by atoms with E-state index in [1.807, 2.05) is 0 Å². The zero-order valence-corrected chi connectivity index (χ0v) is 7.40. The summed E-state index contributed by atoms with van der Waals surface area (Å²) in [5, 5.41) is 8.62. The molecule has 0 spiro atoms. The average Bonchev–Trinajstić information content (AvgIpc) is 2.54. The Labute approximate surface area is 77.5 Å². The van der Waals surface area contributed by atoms with Crippen LogP contribution >= 0.6 is 0 Å². The van der Waals surface area contributed by atoms with E-state index >= 15 is 0 Å². The van der Waals surface area contributed by atoms with Crippen molar-refractivity contribution in [1.29, 1.82) is 0 Å². The predicted molar refractivity (Wildman–Crippen MR) is 47.3 cm³/mol. The molecule has 0 radical (unpaired) electrons. The van der Waals surface area contributed by atoms with Crippen LogP contribution < -0.4 is 0 Å². The van der Waals surface area contributed by atoms with E-state index in [0.717, 1.165) is 6.42 Å². The highest BCUT2D eigenvalue weighted by Crippen LogP contribution is 2.11. The van der Waals surface area contributed by atoms with Gasteiger partial charge in [0.05, 0.1) is 19.7 Å². The van der Waals surface area contributed by atoms with Crippen molar-refractivity contribution in [3.63, 3.8) is 0 Å². The summed E-state index contributed by atoms with van der Waals surface area (Å²) < 4.78 is 5.16. The van der Waals surface area contributed by atoms with Gasteiger partial charge in [0, 0.05) is 12.6 Å². The maximum absolute atomic E-state index is 10.5. The summed E-state index contributed by atoms with van der Waals surface area (Å²) in [7, 11) is 0.